The van der Waals surface area contributed by atoms with E-state index in [9.17, 15) is 4.79 Å². The van der Waals surface area contributed by atoms with E-state index >= 15 is 0 Å². The molecule has 0 atom stereocenters. The van der Waals surface area contributed by atoms with Crippen LogP contribution in [0.4, 0.5) is 0 Å². The van der Waals surface area contributed by atoms with E-state index in [-0.39, 0.29) is 0 Å². The molecule has 2 heteroatoms. The third-order valence-corrected chi connectivity index (χ3v) is 2.00. The lowest BCUT2D eigenvalue weighted by atomic mass is 10.2. The zero-order chi connectivity index (χ0) is 8.55. The lowest BCUT2D eigenvalue weighted by Gasteiger charge is -1.94. The van der Waals surface area contributed by atoms with Gasteiger partial charge in [-0.2, -0.15) is 0 Å². The molecule has 12 heavy (non-hydrogen) atoms. The lowest BCUT2D eigenvalue weighted by molar-refractivity contribution is 0.563. The Labute approximate surface area is 70.4 Å². The first kappa shape index (κ1) is 7.10. The van der Waals surface area contributed by atoms with E-state index in [1.807, 2.05) is 42.3 Å². The molecule has 0 aliphatic rings. The van der Waals surface area contributed by atoms with Crippen molar-refractivity contribution >= 4 is 17.2 Å². The minimum Gasteiger partial charge on any atom is -0.351 e. The van der Waals surface area contributed by atoms with E-state index in [2.05, 4.69) is 0 Å². The third-order valence-electron chi connectivity index (χ3n) is 2.00. The number of fused-ring (bicyclic) bond motifs is 1. The van der Waals surface area contributed by atoms with Crippen molar-refractivity contribution in [1.82, 2.24) is 4.57 Å². The van der Waals surface area contributed by atoms with Crippen molar-refractivity contribution in [3.05, 3.63) is 36.0 Å². The Balaban J connectivity index is 2.77. The second-order valence-electron chi connectivity index (χ2n) is 2.80. The van der Waals surface area contributed by atoms with E-state index in [1.54, 1.807) is 6.07 Å². The highest BCUT2D eigenvalue weighted by molar-refractivity contribution is 5.87. The summed E-state index contributed by atoms with van der Waals surface area (Å²) < 4.78 is 2.02. The van der Waals surface area contributed by atoms with Gasteiger partial charge in [-0.15, -0.1) is 0 Å². The number of carbonyl (C=O) groups excluding carboxylic acids is 1. The maximum atomic E-state index is 10.3. The first-order chi connectivity index (χ1) is 5.81. The summed E-state index contributed by atoms with van der Waals surface area (Å²) >= 11 is 0. The van der Waals surface area contributed by atoms with Crippen LogP contribution in [0.5, 0.6) is 0 Å². The average molecular weight is 158 g/mol. The van der Waals surface area contributed by atoms with Crippen LogP contribution in [0.3, 0.4) is 0 Å². The highest BCUT2D eigenvalue weighted by Gasteiger charge is 1.98. The van der Waals surface area contributed by atoms with Crippen molar-refractivity contribution < 1.29 is 4.79 Å². The minimum atomic E-state index is 0.605. The second kappa shape index (κ2) is 2.48. The largest absolute Gasteiger partial charge is 0.351 e. The van der Waals surface area contributed by atoms with E-state index in [1.165, 1.54) is 0 Å². The van der Waals surface area contributed by atoms with Gasteiger partial charge in [0.05, 0.1) is 0 Å². The molecule has 0 fully saturated rings. The number of hydrogen-bond acceptors (Lipinski definition) is 1. The number of rotatable bonds is 1. The molecule has 0 saturated heterocycles. The summed E-state index contributed by atoms with van der Waals surface area (Å²) in [4.78, 5) is 10.3. The van der Waals surface area contributed by atoms with Crippen LogP contribution >= 0.6 is 0 Å². The quantitative estimate of drug-likeness (QED) is 0.618. The Kier molecular flexibility index (Phi) is 1.47. The van der Waals surface area contributed by atoms with Crippen LogP contribution in [-0.4, -0.2) is 10.9 Å². The Morgan fingerprint density at radius 3 is 2.92 bits per heavy atom. The van der Waals surface area contributed by atoms with Crippen LogP contribution in [0.15, 0.2) is 30.5 Å². The van der Waals surface area contributed by atoms with Crippen LogP contribution in [0.1, 0.15) is 5.56 Å². The Morgan fingerprint density at radius 2 is 2.17 bits per heavy atom. The zero-order valence-corrected chi connectivity index (χ0v) is 6.74. The Bertz CT molecular complexity index is 428. The molecule has 2 aromatic rings. The van der Waals surface area contributed by atoms with Gasteiger partial charge in [-0.05, 0) is 24.3 Å². The van der Waals surface area contributed by atoms with Crippen LogP contribution in [0.2, 0.25) is 0 Å². The van der Waals surface area contributed by atoms with Gasteiger partial charge < -0.3 is 4.57 Å². The molecule has 0 N–H and O–H groups in total. The molecule has 2 nitrogen and oxygen atoms in total. The molecule has 0 aliphatic carbocycles. The first-order valence-electron chi connectivity index (χ1n) is 3.74. The summed E-state index contributed by atoms with van der Waals surface area (Å²) in [6.45, 7) is 0. The van der Waals surface area contributed by atoms with E-state index in [4.69, 9.17) is 0 Å². The van der Waals surface area contributed by atoms with Crippen molar-refractivity contribution in [3.8, 4) is 0 Å². The average Bonchev–Trinajstić information content (AvgIpc) is 2.47. The molecule has 2 rings (SSSR count). The number of hydrogen-bond donors (Lipinski definition) is 0. The molecule has 1 aromatic carbocycles. The Morgan fingerprint density at radius 1 is 1.33 bits per heavy atom. The SMILES string of the molecule is Cn1ccc2cc([C]=O)ccc21. The molecule has 1 heterocycles. The van der Waals surface area contributed by atoms with Gasteiger partial charge in [0, 0.05) is 29.7 Å². The third kappa shape index (κ3) is 0.925. The molecule has 0 saturated carbocycles. The smallest absolute Gasteiger partial charge is 0.233 e. The van der Waals surface area contributed by atoms with Gasteiger partial charge >= 0.3 is 0 Å². The summed E-state index contributed by atoms with van der Waals surface area (Å²) in [7, 11) is 1.98. The van der Waals surface area contributed by atoms with Crippen LogP contribution in [0.25, 0.3) is 10.9 Å². The van der Waals surface area contributed by atoms with Gasteiger partial charge in [-0.25, -0.2) is 0 Å². The number of aryl methyl sites for hydroxylation is 1. The van der Waals surface area contributed by atoms with Gasteiger partial charge in [0.15, 0.2) is 0 Å². The van der Waals surface area contributed by atoms with Crippen molar-refractivity contribution in [3.63, 3.8) is 0 Å². The fourth-order valence-corrected chi connectivity index (χ4v) is 1.35. The molecule has 0 aliphatic heterocycles. The molecule has 0 spiro atoms. The summed E-state index contributed by atoms with van der Waals surface area (Å²) in [5.41, 5.74) is 1.74. The van der Waals surface area contributed by atoms with Crippen molar-refractivity contribution in [2.45, 2.75) is 0 Å². The molecule has 1 aromatic heterocycles. The van der Waals surface area contributed by atoms with Crippen LogP contribution in [-0.2, 0) is 11.8 Å². The molecule has 0 bridgehead atoms. The van der Waals surface area contributed by atoms with Crippen molar-refractivity contribution in [1.29, 1.82) is 0 Å². The summed E-state index contributed by atoms with van der Waals surface area (Å²) in [5.74, 6) is 0. The van der Waals surface area contributed by atoms with Crippen molar-refractivity contribution in [2.24, 2.45) is 7.05 Å². The van der Waals surface area contributed by atoms with E-state index < -0.39 is 0 Å². The summed E-state index contributed by atoms with van der Waals surface area (Å²) in [6, 6.07) is 7.52. The van der Waals surface area contributed by atoms with Gasteiger partial charge in [0.1, 0.15) is 0 Å². The number of benzene rings is 1. The summed E-state index contributed by atoms with van der Waals surface area (Å²) in [6.07, 6.45) is 3.84. The standard InChI is InChI=1S/C10H8NO/c1-11-5-4-9-6-8(7-12)2-3-10(9)11/h2-6H,1H3. The number of aromatic nitrogens is 1. The topological polar surface area (TPSA) is 22.0 Å². The van der Waals surface area contributed by atoms with Gasteiger partial charge in [0.25, 0.3) is 0 Å². The van der Waals surface area contributed by atoms with Crippen LogP contribution in [0, 0.1) is 0 Å². The van der Waals surface area contributed by atoms with Gasteiger partial charge in [0.2, 0.25) is 6.29 Å². The predicted molar refractivity (Wildman–Crippen MR) is 47.7 cm³/mol. The fraction of sp³-hybridized carbons (Fsp3) is 0.100. The molecular weight excluding hydrogens is 150 g/mol. The first-order valence-corrected chi connectivity index (χ1v) is 3.74. The zero-order valence-electron chi connectivity index (χ0n) is 6.74. The Hall–Kier alpha value is -1.57. The second-order valence-corrected chi connectivity index (χ2v) is 2.80. The van der Waals surface area contributed by atoms with E-state index in [0.29, 0.717) is 5.56 Å². The fourth-order valence-electron chi connectivity index (χ4n) is 1.35. The van der Waals surface area contributed by atoms with Crippen molar-refractivity contribution in [2.75, 3.05) is 0 Å². The molecule has 0 unspecified atom stereocenters. The highest BCUT2D eigenvalue weighted by Crippen LogP contribution is 2.15. The predicted octanol–water partition coefficient (Wildman–Crippen LogP) is 1.64. The normalized spacial score (nSPS) is 10.4. The van der Waals surface area contributed by atoms with E-state index in [0.717, 1.165) is 10.9 Å². The van der Waals surface area contributed by atoms with Gasteiger partial charge in [-0.1, -0.05) is 0 Å². The highest BCUT2D eigenvalue weighted by atomic mass is 16.1. The monoisotopic (exact) mass is 158 g/mol. The molecular formula is C10H8NO. The number of nitrogens with zero attached hydrogens (tertiary/aromatic N) is 1. The molecule has 1 radical (unpaired) electrons. The maximum Gasteiger partial charge on any atom is 0.233 e. The van der Waals surface area contributed by atoms with Gasteiger partial charge in [-0.3, -0.25) is 4.79 Å². The lowest BCUT2D eigenvalue weighted by Crippen LogP contribution is -1.84. The molecule has 59 valence electrons. The maximum absolute atomic E-state index is 10.3. The molecule has 0 amide bonds. The summed E-state index contributed by atoms with van der Waals surface area (Å²) in [5, 5.41) is 1.08. The minimum absolute atomic E-state index is 0.605. The van der Waals surface area contributed by atoms with Crippen LogP contribution < -0.4 is 0 Å².